The van der Waals surface area contributed by atoms with Gasteiger partial charge in [0.1, 0.15) is 11.4 Å². The molecule has 0 radical (unpaired) electrons. The highest BCUT2D eigenvalue weighted by molar-refractivity contribution is 5.94. The topological polar surface area (TPSA) is 93.1 Å². The van der Waals surface area contributed by atoms with Gasteiger partial charge in [0, 0.05) is 24.6 Å². The normalized spacial score (nSPS) is 16.1. The van der Waals surface area contributed by atoms with Gasteiger partial charge in [-0.25, -0.2) is 14.5 Å². The zero-order valence-corrected chi connectivity index (χ0v) is 19.3. The van der Waals surface area contributed by atoms with Crippen molar-refractivity contribution in [2.24, 2.45) is 0 Å². The van der Waals surface area contributed by atoms with Crippen molar-refractivity contribution in [2.45, 2.75) is 32.6 Å². The minimum atomic E-state index is -0.387. The van der Waals surface area contributed by atoms with Gasteiger partial charge in [-0.15, -0.1) is 0 Å². The Hall–Kier alpha value is -3.94. The Kier molecular flexibility index (Phi) is 5.88. The number of H-pyrrole nitrogens is 1. The smallest absolute Gasteiger partial charge is 0.341 e. The fraction of sp³-hybridized carbons (Fsp3) is 0.308. The highest BCUT2D eigenvalue weighted by Crippen LogP contribution is 2.28. The molecule has 5 rings (SSSR count). The third kappa shape index (κ3) is 4.07. The molecule has 4 aromatic rings. The van der Waals surface area contributed by atoms with E-state index >= 15 is 0 Å². The van der Waals surface area contributed by atoms with Crippen molar-refractivity contribution in [3.8, 4) is 5.69 Å². The van der Waals surface area contributed by atoms with Crippen LogP contribution in [0, 0.1) is 6.92 Å². The molecule has 1 aliphatic rings. The van der Waals surface area contributed by atoms with Crippen LogP contribution in [0.4, 0.5) is 0 Å². The number of imidazole rings is 1. The van der Waals surface area contributed by atoms with Crippen LogP contribution in [0.15, 0.2) is 54.7 Å². The van der Waals surface area contributed by atoms with E-state index in [1.54, 1.807) is 11.6 Å². The summed E-state index contributed by atoms with van der Waals surface area (Å²) >= 11 is 0. The molecule has 34 heavy (non-hydrogen) atoms. The molecule has 1 unspecified atom stereocenters. The lowest BCUT2D eigenvalue weighted by atomic mass is 9.96. The maximum atomic E-state index is 13.2. The number of likely N-dealkylation sites (tertiary alicyclic amines) is 1. The lowest BCUT2D eigenvalue weighted by Crippen LogP contribution is -2.39. The van der Waals surface area contributed by atoms with Crippen LogP contribution in [0.3, 0.4) is 0 Å². The number of ether oxygens (including phenoxy) is 1. The number of esters is 1. The Balaban J connectivity index is 1.31. The number of hydrogen-bond donors (Lipinski definition) is 1. The summed E-state index contributed by atoms with van der Waals surface area (Å²) in [6, 6.07) is 15.3. The van der Waals surface area contributed by atoms with Crippen molar-refractivity contribution in [3.63, 3.8) is 0 Å². The number of carbonyl (C=O) groups excluding carboxylic acids is 2. The van der Waals surface area contributed by atoms with Crippen LogP contribution < -0.4 is 0 Å². The molecule has 2 aromatic carbocycles. The number of para-hydroxylation sites is 2. The molecule has 8 heteroatoms. The quantitative estimate of drug-likeness (QED) is 0.452. The van der Waals surface area contributed by atoms with Crippen LogP contribution in [0.2, 0.25) is 0 Å². The molecule has 0 aliphatic carbocycles. The van der Waals surface area contributed by atoms with Gasteiger partial charge < -0.3 is 14.6 Å². The van der Waals surface area contributed by atoms with E-state index in [1.807, 2.05) is 60.4 Å². The molecule has 1 saturated heterocycles. The fourth-order valence-corrected chi connectivity index (χ4v) is 4.56. The van der Waals surface area contributed by atoms with Gasteiger partial charge in [-0.1, -0.05) is 12.1 Å². The van der Waals surface area contributed by atoms with Crippen molar-refractivity contribution in [3.05, 3.63) is 77.4 Å². The number of benzene rings is 2. The van der Waals surface area contributed by atoms with Gasteiger partial charge in [0.25, 0.3) is 5.91 Å². The van der Waals surface area contributed by atoms with Crippen LogP contribution in [0.5, 0.6) is 0 Å². The predicted molar refractivity (Wildman–Crippen MR) is 128 cm³/mol. The molecule has 8 nitrogen and oxygen atoms in total. The van der Waals surface area contributed by atoms with Gasteiger partial charge in [-0.2, -0.15) is 5.10 Å². The molecule has 174 valence electrons. The second kappa shape index (κ2) is 9.13. The number of hydrogen-bond acceptors (Lipinski definition) is 5. The van der Waals surface area contributed by atoms with E-state index in [4.69, 9.17) is 9.72 Å². The Morgan fingerprint density at radius 2 is 1.94 bits per heavy atom. The first-order chi connectivity index (χ1) is 16.5. The number of amides is 1. The van der Waals surface area contributed by atoms with E-state index < -0.39 is 0 Å². The highest BCUT2D eigenvalue weighted by Gasteiger charge is 2.27. The van der Waals surface area contributed by atoms with Crippen LogP contribution in [0.25, 0.3) is 16.7 Å². The highest BCUT2D eigenvalue weighted by atomic mass is 16.5. The Morgan fingerprint density at radius 1 is 1.15 bits per heavy atom. The minimum absolute atomic E-state index is 0.0109. The molecule has 1 aliphatic heterocycles. The van der Waals surface area contributed by atoms with Gasteiger partial charge in [0.2, 0.25) is 0 Å². The summed E-state index contributed by atoms with van der Waals surface area (Å²) in [7, 11) is 0. The Labute approximate surface area is 197 Å². The molecule has 1 fully saturated rings. The van der Waals surface area contributed by atoms with E-state index in [0.717, 1.165) is 41.9 Å². The lowest BCUT2D eigenvalue weighted by molar-refractivity contribution is 0.0525. The van der Waals surface area contributed by atoms with Crippen molar-refractivity contribution in [2.75, 3.05) is 19.7 Å². The predicted octanol–water partition coefficient (Wildman–Crippen LogP) is 4.25. The summed E-state index contributed by atoms with van der Waals surface area (Å²) in [6.07, 6.45) is 3.46. The number of aromatic nitrogens is 4. The second-order valence-electron chi connectivity index (χ2n) is 8.55. The third-order valence-corrected chi connectivity index (χ3v) is 6.37. The first-order valence-electron chi connectivity index (χ1n) is 11.6. The van der Waals surface area contributed by atoms with Gasteiger partial charge in [-0.3, -0.25) is 4.79 Å². The molecular weight excluding hydrogens is 430 g/mol. The first kappa shape index (κ1) is 21.9. The molecule has 0 saturated carbocycles. The van der Waals surface area contributed by atoms with Crippen molar-refractivity contribution in [1.29, 1.82) is 0 Å². The van der Waals surface area contributed by atoms with Crippen molar-refractivity contribution >= 4 is 22.9 Å². The van der Waals surface area contributed by atoms with E-state index in [9.17, 15) is 9.59 Å². The van der Waals surface area contributed by atoms with E-state index in [2.05, 4.69) is 10.1 Å². The average molecular weight is 458 g/mol. The Bertz CT molecular complexity index is 1310. The van der Waals surface area contributed by atoms with Crippen LogP contribution in [-0.2, 0) is 4.74 Å². The largest absolute Gasteiger partial charge is 0.462 e. The van der Waals surface area contributed by atoms with Crippen LogP contribution in [-0.4, -0.2) is 56.2 Å². The summed E-state index contributed by atoms with van der Waals surface area (Å²) in [5.74, 6) is 0.761. The van der Waals surface area contributed by atoms with E-state index in [-0.39, 0.29) is 17.8 Å². The standard InChI is InChI=1S/C26H27N5O3/c1-3-34-26(33)21-15-27-31(17(21)2)20-12-10-18(11-13-20)25(32)30-14-6-7-19(16-30)24-28-22-8-4-5-9-23(22)29-24/h4-5,8-13,15,19H,3,6-7,14,16H2,1-2H3,(H,28,29). The van der Waals surface area contributed by atoms with Gasteiger partial charge in [0.15, 0.2) is 0 Å². The molecule has 3 heterocycles. The van der Waals surface area contributed by atoms with Gasteiger partial charge in [0.05, 0.1) is 35.2 Å². The van der Waals surface area contributed by atoms with E-state index in [0.29, 0.717) is 30.0 Å². The number of nitrogens with one attached hydrogen (secondary N) is 1. The maximum absolute atomic E-state index is 13.2. The van der Waals surface area contributed by atoms with Gasteiger partial charge >= 0.3 is 5.97 Å². The van der Waals surface area contributed by atoms with Crippen molar-refractivity contribution in [1.82, 2.24) is 24.6 Å². The minimum Gasteiger partial charge on any atom is -0.462 e. The number of piperidine rings is 1. The summed E-state index contributed by atoms with van der Waals surface area (Å²) in [5, 5.41) is 4.33. The molecule has 0 bridgehead atoms. The third-order valence-electron chi connectivity index (χ3n) is 6.37. The molecule has 1 amide bonds. The molecule has 1 N–H and O–H groups in total. The monoisotopic (exact) mass is 457 g/mol. The SMILES string of the molecule is CCOC(=O)c1cnn(-c2ccc(C(=O)N3CCCC(c4nc5ccccc5[nH]4)C3)cc2)c1C. The maximum Gasteiger partial charge on any atom is 0.341 e. The summed E-state index contributed by atoms with van der Waals surface area (Å²) in [6.45, 7) is 5.28. The number of aromatic amines is 1. The number of fused-ring (bicyclic) bond motifs is 1. The zero-order valence-electron chi connectivity index (χ0n) is 19.3. The first-order valence-corrected chi connectivity index (χ1v) is 11.6. The van der Waals surface area contributed by atoms with E-state index in [1.165, 1.54) is 6.20 Å². The summed E-state index contributed by atoms with van der Waals surface area (Å²) in [4.78, 5) is 35.4. The van der Waals surface area contributed by atoms with Crippen LogP contribution in [0.1, 0.15) is 57.9 Å². The second-order valence-corrected chi connectivity index (χ2v) is 8.55. The molecule has 2 aromatic heterocycles. The number of carbonyl (C=O) groups is 2. The summed E-state index contributed by atoms with van der Waals surface area (Å²) in [5.41, 5.74) is 4.52. The molecule has 1 atom stereocenters. The fourth-order valence-electron chi connectivity index (χ4n) is 4.56. The zero-order chi connectivity index (χ0) is 23.7. The van der Waals surface area contributed by atoms with Gasteiger partial charge in [-0.05, 0) is 63.1 Å². The van der Waals surface area contributed by atoms with Crippen LogP contribution >= 0.6 is 0 Å². The number of nitrogens with zero attached hydrogens (tertiary/aromatic N) is 4. The number of rotatable bonds is 5. The molecular formula is C26H27N5O3. The lowest BCUT2D eigenvalue weighted by Gasteiger charge is -2.32. The Morgan fingerprint density at radius 3 is 2.71 bits per heavy atom. The van der Waals surface area contributed by atoms with Crippen molar-refractivity contribution < 1.29 is 14.3 Å². The average Bonchev–Trinajstić information content (AvgIpc) is 3.48. The molecule has 0 spiro atoms. The summed E-state index contributed by atoms with van der Waals surface area (Å²) < 4.78 is 6.76.